The van der Waals surface area contributed by atoms with Crippen LogP contribution in [0.4, 0.5) is 17.1 Å². The first kappa shape index (κ1) is 35.6. The summed E-state index contributed by atoms with van der Waals surface area (Å²) in [5.41, 5.74) is 15.1. The van der Waals surface area contributed by atoms with Crippen LogP contribution >= 0.6 is 11.3 Å². The summed E-state index contributed by atoms with van der Waals surface area (Å²) in [6.07, 6.45) is 0. The second-order valence-corrected chi connectivity index (χ2v) is 16.4. The molecule has 0 aliphatic carbocycles. The van der Waals surface area contributed by atoms with Crippen LogP contribution < -0.4 is 4.90 Å². The smallest absolute Gasteiger partial charge is 0.0540 e. The van der Waals surface area contributed by atoms with E-state index in [1.165, 1.54) is 75.5 Å². The number of benzene rings is 10. The molecule has 0 radical (unpaired) electrons. The summed E-state index contributed by atoms with van der Waals surface area (Å²) >= 11 is 1.86. The molecular weight excluding hydrogens is 743 g/mol. The zero-order chi connectivity index (χ0) is 39.8. The van der Waals surface area contributed by atoms with Gasteiger partial charge in [-0.05, 0) is 115 Å². The summed E-state index contributed by atoms with van der Waals surface area (Å²) in [5.74, 6) is 0. The van der Waals surface area contributed by atoms with Gasteiger partial charge in [0.25, 0.3) is 0 Å². The average Bonchev–Trinajstić information content (AvgIpc) is 3.70. The predicted octanol–water partition coefficient (Wildman–Crippen LogP) is 17.0. The highest BCUT2D eigenvalue weighted by Crippen LogP contribution is 2.45. The third-order valence-electron chi connectivity index (χ3n) is 11.6. The van der Waals surface area contributed by atoms with Gasteiger partial charge in [-0.3, -0.25) is 0 Å². The average molecular weight is 782 g/mol. The highest BCUT2D eigenvalue weighted by atomic mass is 32.1. The molecule has 11 aromatic rings. The molecular formula is C58H39NS. The van der Waals surface area contributed by atoms with Crippen molar-refractivity contribution in [1.82, 2.24) is 0 Å². The van der Waals surface area contributed by atoms with Crippen molar-refractivity contribution < 1.29 is 0 Å². The van der Waals surface area contributed by atoms with E-state index in [2.05, 4.69) is 241 Å². The van der Waals surface area contributed by atoms with Crippen molar-refractivity contribution in [3.8, 4) is 55.6 Å². The molecule has 1 nitrogen and oxygen atoms in total. The first-order valence-corrected chi connectivity index (χ1v) is 21.3. The van der Waals surface area contributed by atoms with Gasteiger partial charge < -0.3 is 4.90 Å². The van der Waals surface area contributed by atoms with Crippen LogP contribution in [-0.4, -0.2) is 0 Å². The van der Waals surface area contributed by atoms with Crippen molar-refractivity contribution in [1.29, 1.82) is 0 Å². The Morgan fingerprint density at radius 3 is 1.55 bits per heavy atom. The third kappa shape index (κ3) is 6.63. The molecule has 0 amide bonds. The zero-order valence-corrected chi connectivity index (χ0v) is 33.7. The van der Waals surface area contributed by atoms with Crippen LogP contribution in [0.5, 0.6) is 0 Å². The number of fused-ring (bicyclic) bond motifs is 4. The predicted molar refractivity (Wildman–Crippen MR) is 259 cm³/mol. The molecule has 60 heavy (non-hydrogen) atoms. The van der Waals surface area contributed by atoms with Crippen LogP contribution in [0, 0.1) is 0 Å². The molecule has 282 valence electrons. The van der Waals surface area contributed by atoms with Crippen molar-refractivity contribution in [3.05, 3.63) is 237 Å². The largest absolute Gasteiger partial charge is 0.310 e. The first-order chi connectivity index (χ1) is 29.7. The molecule has 1 heterocycles. The van der Waals surface area contributed by atoms with Crippen LogP contribution in [0.3, 0.4) is 0 Å². The van der Waals surface area contributed by atoms with Crippen LogP contribution in [0.1, 0.15) is 0 Å². The van der Waals surface area contributed by atoms with E-state index in [1.54, 1.807) is 0 Å². The van der Waals surface area contributed by atoms with Gasteiger partial charge in [0.2, 0.25) is 0 Å². The summed E-state index contributed by atoms with van der Waals surface area (Å²) in [6, 6.07) is 86.3. The summed E-state index contributed by atoms with van der Waals surface area (Å²) < 4.78 is 2.63. The van der Waals surface area contributed by atoms with Gasteiger partial charge in [-0.2, -0.15) is 0 Å². The number of rotatable bonds is 8. The van der Waals surface area contributed by atoms with Gasteiger partial charge in [-0.1, -0.05) is 182 Å². The maximum absolute atomic E-state index is 2.44. The van der Waals surface area contributed by atoms with E-state index in [-0.39, 0.29) is 0 Å². The van der Waals surface area contributed by atoms with Crippen molar-refractivity contribution in [3.63, 3.8) is 0 Å². The number of para-hydroxylation sites is 1. The van der Waals surface area contributed by atoms with Crippen molar-refractivity contribution in [2.24, 2.45) is 0 Å². The number of nitrogens with zero attached hydrogens (tertiary/aromatic N) is 1. The molecule has 0 saturated carbocycles. The van der Waals surface area contributed by atoms with Gasteiger partial charge in [-0.15, -0.1) is 11.3 Å². The number of hydrogen-bond acceptors (Lipinski definition) is 2. The maximum atomic E-state index is 2.44. The van der Waals surface area contributed by atoms with E-state index in [0.717, 1.165) is 28.2 Å². The molecule has 10 aromatic carbocycles. The molecule has 11 rings (SSSR count). The summed E-state index contributed by atoms with van der Waals surface area (Å²) in [7, 11) is 0. The van der Waals surface area contributed by atoms with Crippen LogP contribution in [0.25, 0.3) is 86.6 Å². The molecule has 0 spiro atoms. The van der Waals surface area contributed by atoms with Crippen molar-refractivity contribution in [2.45, 2.75) is 0 Å². The molecule has 0 N–H and O–H groups in total. The van der Waals surface area contributed by atoms with Crippen molar-refractivity contribution >= 4 is 59.3 Å². The molecule has 0 aliphatic heterocycles. The number of thiophene rings is 1. The Kier molecular flexibility index (Phi) is 9.11. The molecule has 0 bridgehead atoms. The van der Waals surface area contributed by atoms with Gasteiger partial charge in [-0.25, -0.2) is 0 Å². The molecule has 1 aromatic heterocycles. The quantitative estimate of drug-likeness (QED) is 0.148. The van der Waals surface area contributed by atoms with E-state index in [1.807, 2.05) is 11.3 Å². The Balaban J connectivity index is 1.09. The zero-order valence-electron chi connectivity index (χ0n) is 32.9. The molecule has 0 atom stereocenters. The minimum atomic E-state index is 1.09. The second kappa shape index (κ2) is 15.3. The summed E-state index contributed by atoms with van der Waals surface area (Å²) in [5, 5.41) is 5.14. The van der Waals surface area contributed by atoms with Gasteiger partial charge in [0.15, 0.2) is 0 Å². The fourth-order valence-corrected chi connectivity index (χ4v) is 9.86. The van der Waals surface area contributed by atoms with E-state index in [4.69, 9.17) is 0 Å². The maximum Gasteiger partial charge on any atom is 0.0540 e. The molecule has 2 heteroatoms. The highest BCUT2D eigenvalue weighted by molar-refractivity contribution is 7.25. The topological polar surface area (TPSA) is 3.24 Å². The fraction of sp³-hybridized carbons (Fsp3) is 0. The van der Waals surface area contributed by atoms with E-state index in [0.29, 0.717) is 0 Å². The third-order valence-corrected chi connectivity index (χ3v) is 12.8. The van der Waals surface area contributed by atoms with E-state index >= 15 is 0 Å². The monoisotopic (exact) mass is 781 g/mol. The lowest BCUT2D eigenvalue weighted by Crippen LogP contribution is -2.11. The standard InChI is InChI=1S/C58H39NS/c1-3-15-40(16-4-1)47-36-48(41-17-5-2-6-18-41)38-50(37-47)59(49-32-29-42(30-33-49)44-31-34-55-54-25-10-12-28-57(54)60-58(55)39-44)56-27-11-9-24-53(56)46-22-13-21-45(35-46)52-26-14-20-43-19-7-8-23-51(43)52/h1-39H. The van der Waals surface area contributed by atoms with Crippen LogP contribution in [0.15, 0.2) is 237 Å². The van der Waals surface area contributed by atoms with Gasteiger partial charge in [0.1, 0.15) is 0 Å². The van der Waals surface area contributed by atoms with Crippen molar-refractivity contribution in [2.75, 3.05) is 4.90 Å². The minimum Gasteiger partial charge on any atom is -0.310 e. The van der Waals surface area contributed by atoms with E-state index < -0.39 is 0 Å². The minimum absolute atomic E-state index is 1.09. The molecule has 0 aliphatic rings. The van der Waals surface area contributed by atoms with Crippen LogP contribution in [0.2, 0.25) is 0 Å². The normalized spacial score (nSPS) is 11.3. The summed E-state index contributed by atoms with van der Waals surface area (Å²) in [6.45, 7) is 0. The van der Waals surface area contributed by atoms with Gasteiger partial charge in [0.05, 0.1) is 5.69 Å². The number of hydrogen-bond donors (Lipinski definition) is 0. The lowest BCUT2D eigenvalue weighted by atomic mass is 9.94. The Morgan fingerprint density at radius 2 is 0.783 bits per heavy atom. The highest BCUT2D eigenvalue weighted by Gasteiger charge is 2.20. The fourth-order valence-electron chi connectivity index (χ4n) is 8.71. The lowest BCUT2D eigenvalue weighted by Gasteiger charge is -2.29. The Labute approximate surface area is 354 Å². The lowest BCUT2D eigenvalue weighted by molar-refractivity contribution is 1.28. The van der Waals surface area contributed by atoms with E-state index in [9.17, 15) is 0 Å². The van der Waals surface area contributed by atoms with Gasteiger partial charge in [0, 0.05) is 37.1 Å². The summed E-state index contributed by atoms with van der Waals surface area (Å²) in [4.78, 5) is 2.44. The second-order valence-electron chi connectivity index (χ2n) is 15.3. The molecule has 0 unspecified atom stereocenters. The number of anilines is 3. The first-order valence-electron chi connectivity index (χ1n) is 20.5. The molecule has 0 saturated heterocycles. The Bertz CT molecular complexity index is 3250. The van der Waals surface area contributed by atoms with Crippen LogP contribution in [-0.2, 0) is 0 Å². The SMILES string of the molecule is c1ccc(-c2cc(-c3ccccc3)cc(N(c3ccc(-c4ccc5c(c4)sc4ccccc45)cc3)c3ccccc3-c3cccc(-c4cccc5ccccc45)c3)c2)cc1. The Hall–Kier alpha value is -7.52. The molecule has 0 fully saturated rings. The van der Waals surface area contributed by atoms with Gasteiger partial charge >= 0.3 is 0 Å². The Morgan fingerprint density at radius 1 is 0.267 bits per heavy atom.